The van der Waals surface area contributed by atoms with E-state index in [4.69, 9.17) is 4.74 Å². The molecule has 1 aliphatic carbocycles. The molecule has 1 saturated heterocycles. The van der Waals surface area contributed by atoms with E-state index in [0.29, 0.717) is 5.13 Å². The molecule has 2 aromatic rings. The summed E-state index contributed by atoms with van der Waals surface area (Å²) in [5, 5.41) is 7.13. The number of anilines is 1. The molecule has 1 aliphatic heterocycles. The molecule has 1 spiro atoms. The maximum atomic E-state index is 12.6. The van der Waals surface area contributed by atoms with Crippen LogP contribution in [0.3, 0.4) is 0 Å². The lowest BCUT2D eigenvalue weighted by atomic mass is 9.92. The van der Waals surface area contributed by atoms with E-state index in [-0.39, 0.29) is 17.2 Å². The molecular formula is C19H23N3O2S. The largest absolute Gasteiger partial charge is 0.497 e. The van der Waals surface area contributed by atoms with Crippen molar-refractivity contribution < 1.29 is 9.53 Å². The SMILES string of the molecule is COc1ccc(-c2nc(NC(=O)C3CC34CCNCC4)sc2C)cc1. The van der Waals surface area contributed by atoms with Gasteiger partial charge in [-0.3, -0.25) is 4.79 Å². The van der Waals surface area contributed by atoms with Gasteiger partial charge in [-0.2, -0.15) is 0 Å². The van der Waals surface area contributed by atoms with Crippen molar-refractivity contribution in [3.63, 3.8) is 0 Å². The average molecular weight is 357 g/mol. The first kappa shape index (κ1) is 16.5. The monoisotopic (exact) mass is 357 g/mol. The Hall–Kier alpha value is -1.92. The molecule has 1 unspecified atom stereocenters. The second kappa shape index (κ2) is 6.42. The smallest absolute Gasteiger partial charge is 0.229 e. The Bertz CT molecular complexity index is 778. The van der Waals surface area contributed by atoms with Gasteiger partial charge in [-0.25, -0.2) is 4.98 Å². The quantitative estimate of drug-likeness (QED) is 0.880. The first-order chi connectivity index (χ1) is 12.1. The number of aromatic nitrogens is 1. The Morgan fingerprint density at radius 3 is 2.72 bits per heavy atom. The van der Waals surface area contributed by atoms with Gasteiger partial charge in [0.2, 0.25) is 5.91 Å². The second-order valence-corrected chi connectivity index (χ2v) is 8.21. The number of benzene rings is 1. The number of hydrogen-bond acceptors (Lipinski definition) is 5. The van der Waals surface area contributed by atoms with Crippen molar-refractivity contribution in [2.45, 2.75) is 26.2 Å². The third-order valence-corrected chi connectivity index (χ3v) is 6.38. The Morgan fingerprint density at radius 1 is 1.32 bits per heavy atom. The van der Waals surface area contributed by atoms with E-state index in [0.717, 1.165) is 54.2 Å². The van der Waals surface area contributed by atoms with Gasteiger partial charge >= 0.3 is 0 Å². The van der Waals surface area contributed by atoms with Crippen LogP contribution in [0.25, 0.3) is 11.3 Å². The number of ether oxygens (including phenoxy) is 1. The number of hydrogen-bond donors (Lipinski definition) is 2. The van der Waals surface area contributed by atoms with Gasteiger partial charge in [0.25, 0.3) is 0 Å². The van der Waals surface area contributed by atoms with Crippen LogP contribution in [0.2, 0.25) is 0 Å². The molecule has 1 saturated carbocycles. The zero-order chi connectivity index (χ0) is 17.4. The molecule has 25 heavy (non-hydrogen) atoms. The summed E-state index contributed by atoms with van der Waals surface area (Å²) in [7, 11) is 1.66. The van der Waals surface area contributed by atoms with Crippen LogP contribution in [-0.2, 0) is 4.79 Å². The highest BCUT2D eigenvalue weighted by Gasteiger charge is 2.57. The average Bonchev–Trinajstić information content (AvgIpc) is 3.20. The highest BCUT2D eigenvalue weighted by Crippen LogP contribution is 2.58. The van der Waals surface area contributed by atoms with Crippen LogP contribution >= 0.6 is 11.3 Å². The molecule has 2 aliphatic rings. The Morgan fingerprint density at radius 2 is 2.04 bits per heavy atom. The summed E-state index contributed by atoms with van der Waals surface area (Å²) in [5.74, 6) is 1.12. The van der Waals surface area contributed by atoms with Gasteiger partial charge in [-0.15, -0.1) is 11.3 Å². The fourth-order valence-electron chi connectivity index (χ4n) is 3.85. The Labute approximate surface area is 151 Å². The number of aryl methyl sites for hydroxylation is 1. The molecule has 132 valence electrons. The van der Waals surface area contributed by atoms with Crippen molar-refractivity contribution in [3.05, 3.63) is 29.1 Å². The van der Waals surface area contributed by atoms with Crippen LogP contribution in [0.4, 0.5) is 5.13 Å². The van der Waals surface area contributed by atoms with Crippen LogP contribution in [0, 0.1) is 18.3 Å². The summed E-state index contributed by atoms with van der Waals surface area (Å²) in [5.41, 5.74) is 2.21. The van der Waals surface area contributed by atoms with Gasteiger partial charge in [0, 0.05) is 16.4 Å². The third kappa shape index (κ3) is 3.16. The van der Waals surface area contributed by atoms with Gasteiger partial charge in [-0.1, -0.05) is 0 Å². The fourth-order valence-corrected chi connectivity index (χ4v) is 4.69. The molecule has 2 N–H and O–H groups in total. The standard InChI is InChI=1S/C19H23N3O2S/c1-12-16(13-3-5-14(24-2)6-4-13)21-18(25-12)22-17(23)15-11-19(15)7-9-20-10-8-19/h3-6,15,20H,7-11H2,1-2H3,(H,21,22,23). The molecule has 1 aromatic carbocycles. The van der Waals surface area contributed by atoms with Gasteiger partial charge in [0.05, 0.1) is 12.8 Å². The zero-order valence-electron chi connectivity index (χ0n) is 14.6. The van der Waals surface area contributed by atoms with Crippen molar-refractivity contribution in [3.8, 4) is 17.0 Å². The van der Waals surface area contributed by atoms with Gasteiger partial charge < -0.3 is 15.4 Å². The number of piperidine rings is 1. The summed E-state index contributed by atoms with van der Waals surface area (Å²) in [6.45, 7) is 4.10. The van der Waals surface area contributed by atoms with Gasteiger partial charge in [-0.05, 0) is 69.0 Å². The minimum absolute atomic E-state index is 0.136. The van der Waals surface area contributed by atoms with E-state index >= 15 is 0 Å². The molecular weight excluding hydrogens is 334 g/mol. The van der Waals surface area contributed by atoms with Crippen LogP contribution in [-0.4, -0.2) is 31.1 Å². The van der Waals surface area contributed by atoms with Gasteiger partial charge in [0.15, 0.2) is 5.13 Å². The number of nitrogens with zero attached hydrogens (tertiary/aromatic N) is 1. The number of amides is 1. The van der Waals surface area contributed by atoms with Crippen LogP contribution in [0.1, 0.15) is 24.1 Å². The van der Waals surface area contributed by atoms with Gasteiger partial charge in [0.1, 0.15) is 5.75 Å². The predicted molar refractivity (Wildman–Crippen MR) is 100 cm³/mol. The minimum atomic E-state index is 0.136. The number of thiazole rings is 1. The van der Waals surface area contributed by atoms with Crippen LogP contribution in [0.5, 0.6) is 5.75 Å². The molecule has 1 atom stereocenters. The molecule has 1 amide bonds. The third-order valence-electron chi connectivity index (χ3n) is 5.50. The Balaban J connectivity index is 1.46. The molecule has 1 aromatic heterocycles. The number of nitrogens with one attached hydrogen (secondary N) is 2. The van der Waals surface area contributed by atoms with E-state index in [1.54, 1.807) is 18.4 Å². The highest BCUT2D eigenvalue weighted by molar-refractivity contribution is 7.16. The molecule has 4 rings (SSSR count). The van der Waals surface area contributed by atoms with E-state index in [2.05, 4.69) is 15.6 Å². The van der Waals surface area contributed by atoms with Crippen LogP contribution in [0.15, 0.2) is 24.3 Å². The molecule has 5 nitrogen and oxygen atoms in total. The van der Waals surface area contributed by atoms with E-state index in [1.807, 2.05) is 31.2 Å². The number of carbonyl (C=O) groups is 1. The summed E-state index contributed by atoms with van der Waals surface area (Å²) >= 11 is 1.54. The van der Waals surface area contributed by atoms with E-state index in [1.165, 1.54) is 0 Å². The maximum absolute atomic E-state index is 12.6. The summed E-state index contributed by atoms with van der Waals surface area (Å²) < 4.78 is 5.20. The summed E-state index contributed by atoms with van der Waals surface area (Å²) in [6.07, 6.45) is 3.24. The normalized spacial score (nSPS) is 21.1. The fraction of sp³-hybridized carbons (Fsp3) is 0.474. The highest BCUT2D eigenvalue weighted by atomic mass is 32.1. The van der Waals surface area contributed by atoms with Crippen molar-refractivity contribution in [1.29, 1.82) is 0 Å². The minimum Gasteiger partial charge on any atom is -0.497 e. The molecule has 6 heteroatoms. The van der Waals surface area contributed by atoms with Crippen molar-refractivity contribution in [2.24, 2.45) is 11.3 Å². The first-order valence-corrected chi connectivity index (χ1v) is 9.56. The molecule has 2 heterocycles. The van der Waals surface area contributed by atoms with E-state index in [9.17, 15) is 4.79 Å². The van der Waals surface area contributed by atoms with Crippen molar-refractivity contribution >= 4 is 22.4 Å². The lowest BCUT2D eigenvalue weighted by Crippen LogP contribution is -2.31. The second-order valence-electron chi connectivity index (χ2n) is 7.01. The molecule has 2 fully saturated rings. The number of rotatable bonds is 4. The summed E-state index contributed by atoms with van der Waals surface area (Å²) in [4.78, 5) is 18.4. The predicted octanol–water partition coefficient (Wildman–Crippen LogP) is 3.46. The topological polar surface area (TPSA) is 63.2 Å². The zero-order valence-corrected chi connectivity index (χ0v) is 15.4. The first-order valence-electron chi connectivity index (χ1n) is 8.75. The van der Waals surface area contributed by atoms with E-state index < -0.39 is 0 Å². The van der Waals surface area contributed by atoms with Crippen molar-refractivity contribution in [2.75, 3.05) is 25.5 Å². The number of carbonyl (C=O) groups excluding carboxylic acids is 1. The maximum Gasteiger partial charge on any atom is 0.229 e. The Kier molecular flexibility index (Phi) is 4.25. The number of methoxy groups -OCH3 is 1. The lowest BCUT2D eigenvalue weighted by Gasteiger charge is -2.22. The van der Waals surface area contributed by atoms with Crippen molar-refractivity contribution in [1.82, 2.24) is 10.3 Å². The lowest BCUT2D eigenvalue weighted by molar-refractivity contribution is -0.118. The molecule has 0 bridgehead atoms. The molecule has 0 radical (unpaired) electrons. The van der Waals surface area contributed by atoms with Crippen LogP contribution < -0.4 is 15.4 Å². The summed E-state index contributed by atoms with van der Waals surface area (Å²) in [6, 6.07) is 7.85.